The number of ketones is 1. The maximum atomic E-state index is 12.8. The lowest BCUT2D eigenvalue weighted by Gasteiger charge is -2.07. The third kappa shape index (κ3) is 2.41. The standard InChI is InChI=1S/C14H9FN2O/c15-11-6-4-10(5-7-11)14(18)12(9-16)13-3-1-2-8-17-13/h1-8,12H/t12-/m1/s1. The highest BCUT2D eigenvalue weighted by Gasteiger charge is 2.22. The van der Waals surface area contributed by atoms with E-state index in [4.69, 9.17) is 5.26 Å². The molecular weight excluding hydrogens is 231 g/mol. The van der Waals surface area contributed by atoms with Gasteiger partial charge in [0.2, 0.25) is 0 Å². The third-order valence-corrected chi connectivity index (χ3v) is 2.50. The molecule has 0 aliphatic carbocycles. The zero-order chi connectivity index (χ0) is 13.0. The number of nitrogens with zero attached hydrogens (tertiary/aromatic N) is 2. The van der Waals surface area contributed by atoms with Crippen molar-refractivity contribution in [3.05, 3.63) is 65.7 Å². The number of Topliss-reactive ketones (excluding diaryl/α,β-unsaturated/α-hetero) is 1. The summed E-state index contributed by atoms with van der Waals surface area (Å²) in [6.07, 6.45) is 1.53. The van der Waals surface area contributed by atoms with Gasteiger partial charge in [0.15, 0.2) is 11.7 Å². The quantitative estimate of drug-likeness (QED) is 0.775. The molecule has 0 aliphatic rings. The van der Waals surface area contributed by atoms with Crippen LogP contribution in [0, 0.1) is 17.1 Å². The number of hydrogen-bond donors (Lipinski definition) is 0. The van der Waals surface area contributed by atoms with Crippen molar-refractivity contribution in [2.75, 3.05) is 0 Å². The summed E-state index contributed by atoms with van der Waals surface area (Å²) in [4.78, 5) is 16.1. The normalized spacial score (nSPS) is 11.6. The number of pyridine rings is 1. The van der Waals surface area contributed by atoms with Gasteiger partial charge in [0.05, 0.1) is 11.8 Å². The van der Waals surface area contributed by atoms with Crippen LogP contribution >= 0.6 is 0 Å². The summed E-state index contributed by atoms with van der Waals surface area (Å²) in [5.74, 6) is -1.76. The molecule has 1 heterocycles. The summed E-state index contributed by atoms with van der Waals surface area (Å²) in [6.45, 7) is 0. The van der Waals surface area contributed by atoms with Crippen LogP contribution < -0.4 is 0 Å². The molecule has 3 nitrogen and oxygen atoms in total. The second kappa shape index (κ2) is 5.19. The number of nitriles is 1. The molecule has 0 fully saturated rings. The second-order valence-electron chi connectivity index (χ2n) is 3.69. The fourth-order valence-electron chi connectivity index (χ4n) is 1.59. The Morgan fingerprint density at radius 1 is 1.22 bits per heavy atom. The van der Waals surface area contributed by atoms with Crippen molar-refractivity contribution in [1.82, 2.24) is 4.98 Å². The first kappa shape index (κ1) is 11.9. The molecule has 0 N–H and O–H groups in total. The Balaban J connectivity index is 2.32. The highest BCUT2D eigenvalue weighted by atomic mass is 19.1. The van der Waals surface area contributed by atoms with E-state index < -0.39 is 11.7 Å². The summed E-state index contributed by atoms with van der Waals surface area (Å²) in [5.41, 5.74) is 0.697. The minimum Gasteiger partial charge on any atom is -0.292 e. The van der Waals surface area contributed by atoms with Crippen LogP contribution in [0.5, 0.6) is 0 Å². The van der Waals surface area contributed by atoms with E-state index in [1.54, 1.807) is 18.2 Å². The van der Waals surface area contributed by atoms with E-state index in [0.717, 1.165) is 0 Å². The van der Waals surface area contributed by atoms with Crippen molar-refractivity contribution in [3.8, 4) is 6.07 Å². The fraction of sp³-hybridized carbons (Fsp3) is 0.0714. The van der Waals surface area contributed by atoms with Gasteiger partial charge >= 0.3 is 0 Å². The average molecular weight is 240 g/mol. The van der Waals surface area contributed by atoms with E-state index in [0.29, 0.717) is 11.3 Å². The topological polar surface area (TPSA) is 53.8 Å². The lowest BCUT2D eigenvalue weighted by atomic mass is 9.95. The molecule has 2 rings (SSSR count). The molecule has 2 aromatic rings. The van der Waals surface area contributed by atoms with Crippen LogP contribution in [0.4, 0.5) is 4.39 Å². The van der Waals surface area contributed by atoms with Crippen molar-refractivity contribution < 1.29 is 9.18 Å². The van der Waals surface area contributed by atoms with Crippen LogP contribution in [-0.4, -0.2) is 10.8 Å². The smallest absolute Gasteiger partial charge is 0.186 e. The van der Waals surface area contributed by atoms with Gasteiger partial charge in [-0.2, -0.15) is 5.26 Å². The number of benzene rings is 1. The van der Waals surface area contributed by atoms with Crippen molar-refractivity contribution in [1.29, 1.82) is 5.26 Å². The number of carbonyl (C=O) groups is 1. The molecule has 18 heavy (non-hydrogen) atoms. The van der Waals surface area contributed by atoms with Gasteiger partial charge in [-0.15, -0.1) is 0 Å². The third-order valence-electron chi connectivity index (χ3n) is 2.50. The summed E-state index contributed by atoms with van der Waals surface area (Å²) in [5, 5.41) is 9.08. The molecule has 0 aliphatic heterocycles. The number of carbonyl (C=O) groups excluding carboxylic acids is 1. The van der Waals surface area contributed by atoms with Gasteiger partial charge in [-0.25, -0.2) is 4.39 Å². The van der Waals surface area contributed by atoms with Crippen LogP contribution in [-0.2, 0) is 0 Å². The highest BCUT2D eigenvalue weighted by molar-refractivity contribution is 6.02. The maximum Gasteiger partial charge on any atom is 0.186 e. The molecular formula is C14H9FN2O. The van der Waals surface area contributed by atoms with E-state index in [1.165, 1.54) is 30.5 Å². The van der Waals surface area contributed by atoms with Crippen molar-refractivity contribution in [2.45, 2.75) is 5.92 Å². The monoisotopic (exact) mass is 240 g/mol. The van der Waals surface area contributed by atoms with Gasteiger partial charge in [-0.05, 0) is 36.4 Å². The molecule has 0 saturated heterocycles. The molecule has 4 heteroatoms. The zero-order valence-corrected chi connectivity index (χ0v) is 9.38. The van der Waals surface area contributed by atoms with Gasteiger partial charge < -0.3 is 0 Å². The number of hydrogen-bond acceptors (Lipinski definition) is 3. The minimum atomic E-state index is -0.961. The maximum absolute atomic E-state index is 12.8. The molecule has 1 aromatic carbocycles. The molecule has 0 spiro atoms. The van der Waals surface area contributed by atoms with Crippen molar-refractivity contribution in [2.24, 2.45) is 0 Å². The molecule has 0 bridgehead atoms. The minimum absolute atomic E-state index is 0.300. The Bertz CT molecular complexity index is 587. The van der Waals surface area contributed by atoms with E-state index in [-0.39, 0.29) is 5.78 Å². The Morgan fingerprint density at radius 3 is 2.50 bits per heavy atom. The highest BCUT2D eigenvalue weighted by Crippen LogP contribution is 2.18. The Kier molecular flexibility index (Phi) is 3.44. The van der Waals surface area contributed by atoms with Crippen molar-refractivity contribution in [3.63, 3.8) is 0 Å². The first-order chi connectivity index (χ1) is 8.72. The summed E-state index contributed by atoms with van der Waals surface area (Å²) in [7, 11) is 0. The van der Waals surface area contributed by atoms with E-state index in [9.17, 15) is 9.18 Å². The summed E-state index contributed by atoms with van der Waals surface area (Å²) < 4.78 is 12.8. The van der Waals surface area contributed by atoms with Crippen LogP contribution in [0.3, 0.4) is 0 Å². The second-order valence-corrected chi connectivity index (χ2v) is 3.69. The molecule has 88 valence electrons. The lowest BCUT2D eigenvalue weighted by Crippen LogP contribution is -2.12. The van der Waals surface area contributed by atoms with Crippen LogP contribution in [0.1, 0.15) is 22.0 Å². The van der Waals surface area contributed by atoms with Gasteiger partial charge in [-0.3, -0.25) is 9.78 Å². The predicted octanol–water partition coefficient (Wildman–Crippen LogP) is 2.71. The SMILES string of the molecule is N#C[C@@H](C(=O)c1ccc(F)cc1)c1ccccn1. The van der Waals surface area contributed by atoms with E-state index in [1.807, 2.05) is 6.07 Å². The Labute approximate surface area is 104 Å². The number of halogens is 1. The first-order valence-corrected chi connectivity index (χ1v) is 5.32. The predicted molar refractivity (Wildman–Crippen MR) is 63.3 cm³/mol. The van der Waals surface area contributed by atoms with Crippen LogP contribution in [0.25, 0.3) is 0 Å². The Morgan fingerprint density at radius 2 is 1.94 bits per heavy atom. The van der Waals surface area contributed by atoms with E-state index >= 15 is 0 Å². The lowest BCUT2D eigenvalue weighted by molar-refractivity contribution is 0.0977. The Hall–Kier alpha value is -2.54. The van der Waals surface area contributed by atoms with Gasteiger partial charge in [0, 0.05) is 11.8 Å². The van der Waals surface area contributed by atoms with E-state index in [2.05, 4.69) is 4.98 Å². The van der Waals surface area contributed by atoms with Gasteiger partial charge in [0.1, 0.15) is 5.82 Å². The fourth-order valence-corrected chi connectivity index (χ4v) is 1.59. The average Bonchev–Trinajstić information content (AvgIpc) is 2.41. The molecule has 0 saturated carbocycles. The zero-order valence-electron chi connectivity index (χ0n) is 9.38. The van der Waals surface area contributed by atoms with Crippen LogP contribution in [0.15, 0.2) is 48.7 Å². The first-order valence-electron chi connectivity index (χ1n) is 5.32. The number of rotatable bonds is 3. The largest absolute Gasteiger partial charge is 0.292 e. The van der Waals surface area contributed by atoms with Crippen molar-refractivity contribution >= 4 is 5.78 Å². The molecule has 0 radical (unpaired) electrons. The number of aromatic nitrogens is 1. The summed E-state index contributed by atoms with van der Waals surface area (Å²) in [6, 6.07) is 12.1. The molecule has 1 aromatic heterocycles. The molecule has 0 amide bonds. The van der Waals surface area contributed by atoms with Gasteiger partial charge in [-0.1, -0.05) is 6.07 Å². The summed E-state index contributed by atoms with van der Waals surface area (Å²) >= 11 is 0. The van der Waals surface area contributed by atoms with Crippen LogP contribution in [0.2, 0.25) is 0 Å². The van der Waals surface area contributed by atoms with Gasteiger partial charge in [0.25, 0.3) is 0 Å². The molecule has 1 atom stereocenters. The molecule has 0 unspecified atom stereocenters.